The van der Waals surface area contributed by atoms with Gasteiger partial charge in [0.1, 0.15) is 5.82 Å². The van der Waals surface area contributed by atoms with E-state index in [1.54, 1.807) is 18.3 Å². The lowest BCUT2D eigenvalue weighted by molar-refractivity contribution is 0.262. The zero-order chi connectivity index (χ0) is 15.1. The fraction of sp³-hybridized carbons (Fsp3) is 0.438. The minimum Gasteiger partial charge on any atom is -0.439 e. The molecule has 0 unspecified atom stereocenters. The summed E-state index contributed by atoms with van der Waals surface area (Å²) >= 11 is 0. The largest absolute Gasteiger partial charge is 0.439 e. The maximum Gasteiger partial charge on any atom is 0.209 e. The Balaban J connectivity index is 1.86. The number of oxazole rings is 1. The molecular formula is C16H21FN2O2. The minimum atomic E-state index is -0.263. The Bertz CT molecular complexity index is 539. The molecule has 0 atom stereocenters. The summed E-state index contributed by atoms with van der Waals surface area (Å²) in [4.78, 5) is 6.39. The Morgan fingerprint density at radius 1 is 1.19 bits per heavy atom. The van der Waals surface area contributed by atoms with Crippen LogP contribution < -0.4 is 0 Å². The summed E-state index contributed by atoms with van der Waals surface area (Å²) in [6.07, 6.45) is 4.58. The molecule has 0 radical (unpaired) electrons. The van der Waals surface area contributed by atoms with Crippen molar-refractivity contribution in [3.8, 4) is 11.3 Å². The summed E-state index contributed by atoms with van der Waals surface area (Å²) in [7, 11) is 2.01. The van der Waals surface area contributed by atoms with Crippen LogP contribution in [-0.2, 0) is 6.54 Å². The SMILES string of the molecule is CN(CCCCCO)Cc1ncc(-c2ccc(F)cc2)o1. The number of nitrogens with zero attached hydrogens (tertiary/aromatic N) is 2. The monoisotopic (exact) mass is 292 g/mol. The topological polar surface area (TPSA) is 49.5 Å². The van der Waals surface area contributed by atoms with E-state index in [0.29, 0.717) is 18.2 Å². The molecule has 0 aliphatic rings. The number of hydrogen-bond donors (Lipinski definition) is 1. The number of aliphatic hydroxyl groups excluding tert-OH is 1. The molecule has 1 aromatic carbocycles. The summed E-state index contributed by atoms with van der Waals surface area (Å²) in [5.74, 6) is 1.04. The normalized spacial score (nSPS) is 11.2. The van der Waals surface area contributed by atoms with Crippen molar-refractivity contribution in [3.05, 3.63) is 42.2 Å². The van der Waals surface area contributed by atoms with Crippen molar-refractivity contribution in [2.75, 3.05) is 20.2 Å². The van der Waals surface area contributed by atoms with Crippen molar-refractivity contribution in [2.45, 2.75) is 25.8 Å². The van der Waals surface area contributed by atoms with Crippen molar-refractivity contribution in [1.29, 1.82) is 0 Å². The van der Waals surface area contributed by atoms with Crippen molar-refractivity contribution in [1.82, 2.24) is 9.88 Å². The zero-order valence-electron chi connectivity index (χ0n) is 12.3. The molecule has 0 amide bonds. The van der Waals surface area contributed by atoms with Crippen LogP contribution in [0.5, 0.6) is 0 Å². The average Bonchev–Trinajstić information content (AvgIpc) is 2.93. The van der Waals surface area contributed by atoms with E-state index >= 15 is 0 Å². The summed E-state index contributed by atoms with van der Waals surface area (Å²) in [5.41, 5.74) is 0.820. The number of halogens is 1. The Labute approximate surface area is 124 Å². The van der Waals surface area contributed by atoms with Gasteiger partial charge >= 0.3 is 0 Å². The van der Waals surface area contributed by atoms with Gasteiger partial charge in [0.25, 0.3) is 0 Å². The van der Waals surface area contributed by atoms with Crippen LogP contribution in [0, 0.1) is 5.82 Å². The lowest BCUT2D eigenvalue weighted by Gasteiger charge is -2.13. The number of benzene rings is 1. The number of aliphatic hydroxyl groups is 1. The van der Waals surface area contributed by atoms with Gasteiger partial charge < -0.3 is 9.52 Å². The molecule has 2 rings (SSSR count). The number of unbranched alkanes of at least 4 members (excludes halogenated alkanes) is 2. The molecule has 0 saturated heterocycles. The van der Waals surface area contributed by atoms with Gasteiger partial charge in [-0.15, -0.1) is 0 Å². The van der Waals surface area contributed by atoms with Crippen molar-refractivity contribution in [2.24, 2.45) is 0 Å². The van der Waals surface area contributed by atoms with E-state index in [2.05, 4.69) is 9.88 Å². The van der Waals surface area contributed by atoms with Crippen LogP contribution in [0.2, 0.25) is 0 Å². The second-order valence-corrected chi connectivity index (χ2v) is 5.15. The third-order valence-corrected chi connectivity index (χ3v) is 3.29. The molecule has 1 heterocycles. The number of aromatic nitrogens is 1. The molecule has 0 saturated carbocycles. The Morgan fingerprint density at radius 3 is 2.67 bits per heavy atom. The van der Waals surface area contributed by atoms with E-state index in [1.807, 2.05) is 7.05 Å². The molecule has 1 N–H and O–H groups in total. The quantitative estimate of drug-likeness (QED) is 0.760. The van der Waals surface area contributed by atoms with E-state index in [4.69, 9.17) is 9.52 Å². The number of hydrogen-bond acceptors (Lipinski definition) is 4. The lowest BCUT2D eigenvalue weighted by Crippen LogP contribution is -2.19. The van der Waals surface area contributed by atoms with E-state index < -0.39 is 0 Å². The standard InChI is InChI=1S/C16H21FN2O2/c1-19(9-3-2-4-10-20)12-16-18-11-15(21-16)13-5-7-14(17)8-6-13/h5-8,11,20H,2-4,9-10,12H2,1H3. The highest BCUT2D eigenvalue weighted by Crippen LogP contribution is 2.21. The van der Waals surface area contributed by atoms with E-state index in [1.165, 1.54) is 12.1 Å². The molecule has 2 aromatic rings. The molecular weight excluding hydrogens is 271 g/mol. The Hall–Kier alpha value is -1.72. The second kappa shape index (κ2) is 7.90. The maximum absolute atomic E-state index is 12.9. The van der Waals surface area contributed by atoms with Crippen molar-refractivity contribution >= 4 is 0 Å². The van der Waals surface area contributed by atoms with Gasteiger partial charge in [-0.3, -0.25) is 4.90 Å². The van der Waals surface area contributed by atoms with Crippen molar-refractivity contribution in [3.63, 3.8) is 0 Å². The first kappa shape index (κ1) is 15.7. The van der Waals surface area contributed by atoms with Crippen LogP contribution >= 0.6 is 0 Å². The molecule has 0 fully saturated rings. The van der Waals surface area contributed by atoms with E-state index in [9.17, 15) is 4.39 Å². The summed E-state index contributed by atoms with van der Waals surface area (Å²) in [5, 5.41) is 8.73. The van der Waals surface area contributed by atoms with Gasteiger partial charge in [0, 0.05) is 12.2 Å². The van der Waals surface area contributed by atoms with Gasteiger partial charge in [-0.25, -0.2) is 9.37 Å². The predicted molar refractivity (Wildman–Crippen MR) is 79.2 cm³/mol. The van der Waals surface area contributed by atoms with Gasteiger partial charge in [0.15, 0.2) is 5.76 Å². The van der Waals surface area contributed by atoms with Crippen LogP contribution in [0.4, 0.5) is 4.39 Å². The lowest BCUT2D eigenvalue weighted by atomic mass is 10.2. The van der Waals surface area contributed by atoms with Gasteiger partial charge in [0.2, 0.25) is 5.89 Å². The fourth-order valence-electron chi connectivity index (χ4n) is 2.11. The molecule has 0 aliphatic heterocycles. The maximum atomic E-state index is 12.9. The Kier molecular flexibility index (Phi) is 5.90. The molecule has 21 heavy (non-hydrogen) atoms. The Morgan fingerprint density at radius 2 is 1.95 bits per heavy atom. The zero-order valence-corrected chi connectivity index (χ0v) is 12.3. The highest BCUT2D eigenvalue weighted by molar-refractivity contribution is 5.55. The summed E-state index contributed by atoms with van der Waals surface area (Å²) < 4.78 is 18.6. The van der Waals surface area contributed by atoms with Crippen LogP contribution in [-0.4, -0.2) is 35.2 Å². The fourth-order valence-corrected chi connectivity index (χ4v) is 2.11. The first-order chi connectivity index (χ1) is 10.2. The highest BCUT2D eigenvalue weighted by Gasteiger charge is 2.08. The van der Waals surface area contributed by atoms with Gasteiger partial charge in [-0.2, -0.15) is 0 Å². The average molecular weight is 292 g/mol. The minimum absolute atomic E-state index is 0.254. The third-order valence-electron chi connectivity index (χ3n) is 3.29. The molecule has 0 aliphatic carbocycles. The second-order valence-electron chi connectivity index (χ2n) is 5.15. The molecule has 5 heteroatoms. The molecule has 0 bridgehead atoms. The van der Waals surface area contributed by atoms with Gasteiger partial charge in [-0.05, 0) is 57.1 Å². The van der Waals surface area contributed by atoms with Gasteiger partial charge in [-0.1, -0.05) is 0 Å². The predicted octanol–water partition coefficient (Wildman–Crippen LogP) is 3.08. The third kappa shape index (κ3) is 4.95. The van der Waals surface area contributed by atoms with Gasteiger partial charge in [0.05, 0.1) is 12.7 Å². The van der Waals surface area contributed by atoms with E-state index in [0.717, 1.165) is 31.4 Å². The molecule has 0 spiro atoms. The highest BCUT2D eigenvalue weighted by atomic mass is 19.1. The number of rotatable bonds is 8. The summed E-state index contributed by atoms with van der Waals surface area (Å²) in [6.45, 7) is 1.83. The first-order valence-electron chi connectivity index (χ1n) is 7.19. The molecule has 114 valence electrons. The summed E-state index contributed by atoms with van der Waals surface area (Å²) in [6, 6.07) is 6.17. The van der Waals surface area contributed by atoms with Crippen LogP contribution in [0.25, 0.3) is 11.3 Å². The first-order valence-corrected chi connectivity index (χ1v) is 7.19. The molecule has 4 nitrogen and oxygen atoms in total. The van der Waals surface area contributed by atoms with Crippen LogP contribution in [0.1, 0.15) is 25.2 Å². The van der Waals surface area contributed by atoms with Crippen LogP contribution in [0.3, 0.4) is 0 Å². The smallest absolute Gasteiger partial charge is 0.209 e. The van der Waals surface area contributed by atoms with Crippen LogP contribution in [0.15, 0.2) is 34.9 Å². The van der Waals surface area contributed by atoms with E-state index in [-0.39, 0.29) is 12.4 Å². The van der Waals surface area contributed by atoms with Crippen molar-refractivity contribution < 1.29 is 13.9 Å². The molecule has 1 aromatic heterocycles.